The summed E-state index contributed by atoms with van der Waals surface area (Å²) in [7, 11) is 0. The Morgan fingerprint density at radius 1 is 0.640 bits per heavy atom. The van der Waals surface area contributed by atoms with Gasteiger partial charge in [-0.05, 0) is 84.0 Å². The summed E-state index contributed by atoms with van der Waals surface area (Å²) in [6, 6.07) is 35.3. The van der Waals surface area contributed by atoms with Gasteiger partial charge in [-0.2, -0.15) is 10.5 Å². The molecule has 6 heteroatoms. The van der Waals surface area contributed by atoms with Gasteiger partial charge in [-0.25, -0.2) is 0 Å². The van der Waals surface area contributed by atoms with Crippen molar-refractivity contribution in [1.29, 1.82) is 10.5 Å². The van der Waals surface area contributed by atoms with E-state index >= 15 is 0 Å². The Bertz CT molecular complexity index is 2990. The van der Waals surface area contributed by atoms with Crippen LogP contribution in [0.5, 0.6) is 0 Å². The number of rotatable bonds is 2. The number of anilines is 2. The molecule has 50 heavy (non-hydrogen) atoms. The maximum atomic E-state index is 10.9. The summed E-state index contributed by atoms with van der Waals surface area (Å²) < 4.78 is 6.01. The highest BCUT2D eigenvalue weighted by atomic mass is 32.1. The van der Waals surface area contributed by atoms with Gasteiger partial charge in [-0.3, -0.25) is 0 Å². The predicted molar refractivity (Wildman–Crippen MR) is 209 cm³/mol. The maximum Gasteiger partial charge on any atom is 0.101 e. The molecule has 4 heterocycles. The van der Waals surface area contributed by atoms with Gasteiger partial charge in [0, 0.05) is 52.1 Å². The molecule has 0 N–H and O–H groups in total. The molecule has 3 aliphatic rings. The summed E-state index contributed by atoms with van der Waals surface area (Å²) in [4.78, 5) is 3.67. The van der Waals surface area contributed by atoms with Crippen LogP contribution < -0.4 is 4.90 Å². The van der Waals surface area contributed by atoms with Gasteiger partial charge in [-0.15, -0.1) is 22.7 Å². The van der Waals surface area contributed by atoms with Gasteiger partial charge in [0.2, 0.25) is 0 Å². The minimum absolute atomic E-state index is 0.0140. The fourth-order valence-electron chi connectivity index (χ4n) is 8.67. The molecule has 0 amide bonds. The Morgan fingerprint density at radius 2 is 1.42 bits per heavy atom. The summed E-state index contributed by atoms with van der Waals surface area (Å²) in [6.07, 6.45) is 15.4. The van der Waals surface area contributed by atoms with Gasteiger partial charge in [0.15, 0.2) is 0 Å². The lowest BCUT2D eigenvalue weighted by Crippen LogP contribution is -2.29. The molecule has 0 spiro atoms. The van der Waals surface area contributed by atoms with Gasteiger partial charge < -0.3 is 9.47 Å². The number of thiophene rings is 2. The first kappa shape index (κ1) is 28.0. The van der Waals surface area contributed by atoms with Crippen molar-refractivity contribution in [2.24, 2.45) is 0 Å². The van der Waals surface area contributed by atoms with Crippen molar-refractivity contribution in [1.82, 2.24) is 4.57 Å². The van der Waals surface area contributed by atoms with Crippen molar-refractivity contribution >= 4 is 92.2 Å². The Morgan fingerprint density at radius 3 is 2.32 bits per heavy atom. The molecule has 0 saturated heterocycles. The number of nitrogens with zero attached hydrogens (tertiary/aromatic N) is 4. The molecule has 2 atom stereocenters. The standard InChI is InChI=1S/C44H26N4S2/c45-23-25-18-38(48-36-14-6-2-10-28(36)32-22-44-34(20-40(32)48)30-12-4-8-16-42(30)50-44)26(24-46)17-37(25)47-35-13-5-1-9-27(35)31-21-43-33(19-39(31)47)29-11-3-7-15-41(29)49-43/h1-3,5-11,13-22,28,36H,4,12H2. The fourth-order valence-corrected chi connectivity index (χ4v) is 11.0. The van der Waals surface area contributed by atoms with Gasteiger partial charge in [0.05, 0.1) is 39.6 Å². The van der Waals surface area contributed by atoms with Crippen LogP contribution in [-0.4, -0.2) is 10.6 Å². The number of aromatic nitrogens is 1. The number of nitriles is 2. The molecule has 2 unspecified atom stereocenters. The minimum atomic E-state index is 0.0140. The Hall–Kier alpha value is -5.92. The summed E-state index contributed by atoms with van der Waals surface area (Å²) in [5, 5.41) is 27.7. The van der Waals surface area contributed by atoms with E-state index in [9.17, 15) is 10.5 Å². The zero-order valence-corrected chi connectivity index (χ0v) is 28.4. The first-order valence-corrected chi connectivity index (χ1v) is 18.6. The van der Waals surface area contributed by atoms with Crippen LogP contribution in [0.1, 0.15) is 39.5 Å². The third kappa shape index (κ3) is 3.72. The number of aryl methyl sites for hydroxylation is 1. The number of hydrogen-bond donors (Lipinski definition) is 0. The molecule has 0 fully saturated rings. The third-order valence-electron chi connectivity index (χ3n) is 10.9. The fraction of sp³-hybridized carbons (Fsp3) is 0.0909. The molecule has 3 aromatic heterocycles. The zero-order chi connectivity index (χ0) is 33.1. The molecule has 234 valence electrons. The number of fused-ring (bicyclic) bond motifs is 12. The molecule has 0 radical (unpaired) electrons. The van der Waals surface area contributed by atoms with Gasteiger partial charge >= 0.3 is 0 Å². The van der Waals surface area contributed by atoms with E-state index in [2.05, 4.69) is 125 Å². The molecule has 5 aromatic carbocycles. The van der Waals surface area contributed by atoms with Crippen molar-refractivity contribution in [3.8, 4) is 17.8 Å². The Balaban J connectivity index is 1.17. The van der Waals surface area contributed by atoms with Crippen molar-refractivity contribution in [3.05, 3.63) is 142 Å². The lowest BCUT2D eigenvalue weighted by Gasteiger charge is -2.30. The van der Waals surface area contributed by atoms with Crippen LogP contribution >= 0.6 is 22.7 Å². The van der Waals surface area contributed by atoms with Crippen LogP contribution in [-0.2, 0) is 6.42 Å². The first-order valence-electron chi connectivity index (χ1n) is 16.9. The Labute approximate surface area is 295 Å². The number of allylic oxidation sites excluding steroid dienone is 3. The van der Waals surface area contributed by atoms with Crippen LogP contribution in [0.25, 0.3) is 63.8 Å². The summed E-state index contributed by atoms with van der Waals surface area (Å²) in [5.74, 6) is 0.158. The van der Waals surface area contributed by atoms with E-state index in [0.717, 1.165) is 51.7 Å². The molecule has 1 aliphatic heterocycles. The van der Waals surface area contributed by atoms with Crippen LogP contribution in [0.2, 0.25) is 0 Å². The van der Waals surface area contributed by atoms with Crippen molar-refractivity contribution in [2.75, 3.05) is 4.90 Å². The monoisotopic (exact) mass is 674 g/mol. The first-order chi connectivity index (χ1) is 24.7. The summed E-state index contributed by atoms with van der Waals surface area (Å²) in [6.45, 7) is 0. The second kappa shape index (κ2) is 10.3. The van der Waals surface area contributed by atoms with Gasteiger partial charge in [-0.1, -0.05) is 66.8 Å². The second-order valence-corrected chi connectivity index (χ2v) is 15.5. The van der Waals surface area contributed by atoms with Crippen molar-refractivity contribution in [2.45, 2.75) is 24.8 Å². The zero-order valence-electron chi connectivity index (χ0n) is 26.7. The third-order valence-corrected chi connectivity index (χ3v) is 13.1. The molecular weight excluding hydrogens is 649 g/mol. The number of benzene rings is 5. The van der Waals surface area contributed by atoms with E-state index in [4.69, 9.17) is 0 Å². The average Bonchev–Trinajstić information content (AvgIpc) is 3.90. The summed E-state index contributed by atoms with van der Waals surface area (Å²) in [5.41, 5.74) is 8.45. The molecule has 11 rings (SSSR count). The maximum absolute atomic E-state index is 10.9. The highest BCUT2D eigenvalue weighted by Crippen LogP contribution is 2.52. The molecule has 4 nitrogen and oxygen atoms in total. The SMILES string of the molecule is N#Cc1cc(-n2c3ccccc3c3cc4sc5ccccc5c4cc32)c(C#N)cc1N1c2cc3c4c(sc3cc2C2C=CC=CC21)C=CCC4. The lowest BCUT2D eigenvalue weighted by molar-refractivity contribution is 0.744. The highest BCUT2D eigenvalue weighted by molar-refractivity contribution is 7.25. The van der Waals surface area contributed by atoms with Crippen LogP contribution in [0.15, 0.2) is 115 Å². The molecular formula is C44H26N4S2. The van der Waals surface area contributed by atoms with Crippen molar-refractivity contribution in [3.63, 3.8) is 0 Å². The number of para-hydroxylation sites is 1. The van der Waals surface area contributed by atoms with E-state index < -0.39 is 0 Å². The van der Waals surface area contributed by atoms with E-state index in [1.54, 1.807) is 0 Å². The van der Waals surface area contributed by atoms with Gasteiger partial charge in [0.1, 0.15) is 12.1 Å². The van der Waals surface area contributed by atoms with Gasteiger partial charge in [0.25, 0.3) is 0 Å². The molecule has 2 aliphatic carbocycles. The lowest BCUT2D eigenvalue weighted by atomic mass is 9.90. The quantitative estimate of drug-likeness (QED) is 0.183. The summed E-state index contributed by atoms with van der Waals surface area (Å²) >= 11 is 3.68. The number of hydrogen-bond acceptors (Lipinski definition) is 5. The second-order valence-electron chi connectivity index (χ2n) is 13.4. The van der Waals surface area contributed by atoms with E-state index in [1.807, 2.05) is 40.9 Å². The minimum Gasteiger partial charge on any atom is -0.332 e. The topological polar surface area (TPSA) is 55.8 Å². The smallest absolute Gasteiger partial charge is 0.101 e. The largest absolute Gasteiger partial charge is 0.332 e. The molecule has 0 saturated carbocycles. The van der Waals surface area contributed by atoms with E-state index in [1.165, 1.54) is 46.3 Å². The molecule has 8 aromatic rings. The average molecular weight is 675 g/mol. The highest BCUT2D eigenvalue weighted by Gasteiger charge is 2.39. The van der Waals surface area contributed by atoms with Crippen LogP contribution in [0.3, 0.4) is 0 Å². The van der Waals surface area contributed by atoms with Crippen LogP contribution in [0.4, 0.5) is 11.4 Å². The molecule has 0 bridgehead atoms. The van der Waals surface area contributed by atoms with E-state index in [-0.39, 0.29) is 12.0 Å². The van der Waals surface area contributed by atoms with E-state index in [0.29, 0.717) is 11.1 Å². The Kier molecular flexibility index (Phi) is 5.76. The van der Waals surface area contributed by atoms with Crippen molar-refractivity contribution < 1.29 is 0 Å². The van der Waals surface area contributed by atoms with Crippen LogP contribution in [0, 0.1) is 22.7 Å². The normalized spacial score (nSPS) is 17.5. The predicted octanol–water partition coefficient (Wildman–Crippen LogP) is 11.8.